The van der Waals surface area contributed by atoms with Gasteiger partial charge in [0, 0.05) is 38.0 Å². The van der Waals surface area contributed by atoms with E-state index in [0.29, 0.717) is 12.4 Å². The topological polar surface area (TPSA) is 119 Å². The van der Waals surface area contributed by atoms with Crippen molar-refractivity contribution in [2.45, 2.75) is 43.9 Å². The van der Waals surface area contributed by atoms with E-state index < -0.39 is 0 Å². The Hall–Kier alpha value is -4.31. The Balaban J connectivity index is 1.01. The third-order valence-corrected chi connectivity index (χ3v) is 8.43. The highest BCUT2D eigenvalue weighted by Crippen LogP contribution is 2.47. The third kappa shape index (κ3) is 3.55. The summed E-state index contributed by atoms with van der Waals surface area (Å²) in [6, 6.07) is 12.1. The fourth-order valence-corrected chi connectivity index (χ4v) is 6.37. The lowest BCUT2D eigenvalue weighted by Gasteiger charge is -2.41. The van der Waals surface area contributed by atoms with E-state index in [9.17, 15) is 0 Å². The van der Waals surface area contributed by atoms with E-state index in [4.69, 9.17) is 34.8 Å². The molecular formula is C29H28N8O2. The summed E-state index contributed by atoms with van der Waals surface area (Å²) in [5, 5.41) is 0. The maximum Gasteiger partial charge on any atom is 0.244 e. The number of pyridine rings is 1. The Morgan fingerprint density at radius 1 is 0.974 bits per heavy atom. The van der Waals surface area contributed by atoms with Gasteiger partial charge in [-0.15, -0.1) is 0 Å². The van der Waals surface area contributed by atoms with Crippen LogP contribution in [0.25, 0.3) is 11.6 Å². The van der Waals surface area contributed by atoms with E-state index >= 15 is 0 Å². The normalized spacial score (nSPS) is 20.8. The van der Waals surface area contributed by atoms with Gasteiger partial charge in [0.15, 0.2) is 5.84 Å². The highest BCUT2D eigenvalue weighted by atomic mass is 16.5. The number of benzene rings is 1. The van der Waals surface area contributed by atoms with Crippen molar-refractivity contribution in [3.8, 4) is 17.3 Å². The molecule has 10 nitrogen and oxygen atoms in total. The molecule has 3 aromatic heterocycles. The molecule has 1 saturated heterocycles. The maximum absolute atomic E-state index is 6.66. The first-order valence-corrected chi connectivity index (χ1v) is 13.6. The number of nitrogens with two attached hydrogens (primary N) is 1. The number of aromatic nitrogens is 4. The molecule has 1 atom stereocenters. The summed E-state index contributed by atoms with van der Waals surface area (Å²) in [5.41, 5.74) is 12.0. The van der Waals surface area contributed by atoms with Crippen molar-refractivity contribution in [3.05, 3.63) is 77.7 Å². The molecule has 0 unspecified atom stereocenters. The van der Waals surface area contributed by atoms with E-state index in [1.807, 2.05) is 30.5 Å². The summed E-state index contributed by atoms with van der Waals surface area (Å²) in [7, 11) is 0. The van der Waals surface area contributed by atoms with Gasteiger partial charge in [0.2, 0.25) is 5.89 Å². The second-order valence-electron chi connectivity index (χ2n) is 10.6. The zero-order valence-electron chi connectivity index (χ0n) is 21.5. The monoisotopic (exact) mass is 520 g/mol. The fourth-order valence-electron chi connectivity index (χ4n) is 6.37. The van der Waals surface area contributed by atoms with Crippen LogP contribution in [0.2, 0.25) is 0 Å². The van der Waals surface area contributed by atoms with Gasteiger partial charge < -0.3 is 24.7 Å². The van der Waals surface area contributed by atoms with Gasteiger partial charge in [-0.3, -0.25) is 4.99 Å². The van der Waals surface area contributed by atoms with Crippen LogP contribution in [-0.2, 0) is 13.0 Å². The molecule has 4 aliphatic heterocycles. The number of anilines is 2. The van der Waals surface area contributed by atoms with E-state index in [1.165, 1.54) is 0 Å². The average Bonchev–Trinajstić information content (AvgIpc) is 3.72. The number of oxazole rings is 1. The van der Waals surface area contributed by atoms with Gasteiger partial charge in [0.1, 0.15) is 34.8 Å². The lowest BCUT2D eigenvalue weighted by molar-refractivity contribution is 0.0431. The number of fused-ring (bicyclic) bond motifs is 3. The first kappa shape index (κ1) is 22.7. The Labute approximate surface area is 225 Å². The Morgan fingerprint density at radius 3 is 2.72 bits per heavy atom. The summed E-state index contributed by atoms with van der Waals surface area (Å²) in [4.78, 5) is 28.4. The third-order valence-electron chi connectivity index (χ3n) is 8.43. The molecule has 2 N–H and O–H groups in total. The summed E-state index contributed by atoms with van der Waals surface area (Å²) in [5.74, 6) is 3.21. The minimum absolute atomic E-state index is 0.105. The molecule has 0 bridgehead atoms. The Bertz CT molecular complexity index is 1590. The van der Waals surface area contributed by atoms with Crippen molar-refractivity contribution in [3.63, 3.8) is 0 Å². The largest absolute Gasteiger partial charge is 0.485 e. The first-order chi connectivity index (χ1) is 19.2. The SMILES string of the molecule is N[C@@H]1c2ccccc2OC12CCN(c1cnc3c(n1)CN=C3N1CCCc3nc(-c4ncco4)ccc31)CC2. The van der Waals surface area contributed by atoms with Gasteiger partial charge in [-0.05, 0) is 31.0 Å². The van der Waals surface area contributed by atoms with Gasteiger partial charge in [-0.2, -0.15) is 0 Å². The van der Waals surface area contributed by atoms with Gasteiger partial charge in [0.05, 0.1) is 42.1 Å². The molecule has 0 amide bonds. The van der Waals surface area contributed by atoms with Crippen LogP contribution in [-0.4, -0.2) is 51.0 Å². The zero-order chi connectivity index (χ0) is 26.0. The number of para-hydroxylation sites is 1. The molecule has 7 heterocycles. The van der Waals surface area contributed by atoms with Gasteiger partial charge in [-0.1, -0.05) is 18.2 Å². The second kappa shape index (κ2) is 8.60. The number of nitrogens with zero attached hydrogens (tertiary/aromatic N) is 7. The molecular weight excluding hydrogens is 492 g/mol. The number of hydrogen-bond donors (Lipinski definition) is 1. The molecule has 0 radical (unpaired) electrons. The molecule has 8 rings (SSSR count). The number of aliphatic imine (C=N–C) groups is 1. The predicted octanol–water partition coefficient (Wildman–Crippen LogP) is 3.67. The molecule has 39 heavy (non-hydrogen) atoms. The molecule has 196 valence electrons. The van der Waals surface area contributed by atoms with Crippen molar-refractivity contribution in [1.82, 2.24) is 19.9 Å². The number of aryl methyl sites for hydroxylation is 1. The lowest BCUT2D eigenvalue weighted by atomic mass is 9.83. The number of piperidine rings is 1. The first-order valence-electron chi connectivity index (χ1n) is 13.6. The van der Waals surface area contributed by atoms with Crippen molar-refractivity contribution in [2.24, 2.45) is 10.7 Å². The Kier molecular flexibility index (Phi) is 5.00. The minimum Gasteiger partial charge on any atom is -0.485 e. The number of hydrogen-bond acceptors (Lipinski definition) is 10. The van der Waals surface area contributed by atoms with Crippen LogP contribution >= 0.6 is 0 Å². The van der Waals surface area contributed by atoms with Crippen molar-refractivity contribution >= 4 is 17.3 Å². The van der Waals surface area contributed by atoms with Gasteiger partial charge in [0.25, 0.3) is 0 Å². The zero-order valence-corrected chi connectivity index (χ0v) is 21.5. The molecule has 4 aliphatic rings. The average molecular weight is 521 g/mol. The summed E-state index contributed by atoms with van der Waals surface area (Å²) < 4.78 is 11.9. The van der Waals surface area contributed by atoms with Crippen LogP contribution in [0.1, 0.15) is 47.9 Å². The molecule has 0 aliphatic carbocycles. The van der Waals surface area contributed by atoms with Crippen LogP contribution in [0.5, 0.6) is 5.75 Å². The van der Waals surface area contributed by atoms with Crippen LogP contribution in [0, 0.1) is 0 Å². The van der Waals surface area contributed by atoms with Gasteiger partial charge >= 0.3 is 0 Å². The maximum atomic E-state index is 6.66. The Morgan fingerprint density at radius 2 is 1.87 bits per heavy atom. The quantitative estimate of drug-likeness (QED) is 0.422. The van der Waals surface area contributed by atoms with Crippen LogP contribution in [0.4, 0.5) is 11.5 Å². The molecule has 4 aromatic rings. The fraction of sp³-hybridized carbons (Fsp3) is 0.345. The van der Waals surface area contributed by atoms with Gasteiger partial charge in [-0.25, -0.2) is 19.9 Å². The van der Waals surface area contributed by atoms with E-state index in [1.54, 1.807) is 12.5 Å². The second-order valence-corrected chi connectivity index (χ2v) is 10.6. The van der Waals surface area contributed by atoms with E-state index in [2.05, 4.69) is 26.9 Å². The smallest absolute Gasteiger partial charge is 0.244 e. The van der Waals surface area contributed by atoms with Crippen molar-refractivity contribution < 1.29 is 9.15 Å². The van der Waals surface area contributed by atoms with Crippen molar-refractivity contribution in [2.75, 3.05) is 29.4 Å². The van der Waals surface area contributed by atoms with Crippen LogP contribution in [0.3, 0.4) is 0 Å². The number of ether oxygens (including phenoxy) is 1. The summed E-state index contributed by atoms with van der Waals surface area (Å²) in [6.07, 6.45) is 8.67. The summed E-state index contributed by atoms with van der Waals surface area (Å²) >= 11 is 0. The lowest BCUT2D eigenvalue weighted by Crippen LogP contribution is -2.51. The van der Waals surface area contributed by atoms with E-state index in [0.717, 1.165) is 96.7 Å². The van der Waals surface area contributed by atoms with Crippen LogP contribution in [0.15, 0.2) is 64.5 Å². The van der Waals surface area contributed by atoms with Crippen molar-refractivity contribution in [1.29, 1.82) is 0 Å². The number of amidine groups is 1. The standard InChI is InChI=1S/C29H28N8O2/c30-26-18-4-1-2-6-23(18)39-29(26)9-13-36(14-10-29)24-17-32-25-21(35-24)16-33-27(25)37-12-3-5-19-22(37)8-7-20(34-19)28-31-11-15-38-28/h1-2,4,6-8,11,15,17,26H,3,5,9-10,12-14,16,30H2/t26-/m1/s1. The minimum atomic E-state index is -0.344. The highest BCUT2D eigenvalue weighted by Gasteiger charge is 2.48. The molecule has 1 aromatic carbocycles. The summed E-state index contributed by atoms with van der Waals surface area (Å²) in [6.45, 7) is 3.04. The molecule has 1 spiro atoms. The highest BCUT2D eigenvalue weighted by molar-refractivity contribution is 6.11. The predicted molar refractivity (Wildman–Crippen MR) is 146 cm³/mol. The van der Waals surface area contributed by atoms with E-state index in [-0.39, 0.29) is 11.6 Å². The molecule has 1 fully saturated rings. The van der Waals surface area contributed by atoms with Crippen LogP contribution < -0.4 is 20.3 Å². The molecule has 0 saturated carbocycles. The molecule has 10 heteroatoms. The number of rotatable bonds is 2.